The molecule has 4 rings (SSSR count). The molecule has 10 heteroatoms. The third-order valence-corrected chi connectivity index (χ3v) is 4.56. The second-order valence-electron chi connectivity index (χ2n) is 6.24. The van der Waals surface area contributed by atoms with Crippen molar-refractivity contribution in [3.8, 4) is 5.75 Å². The van der Waals surface area contributed by atoms with Crippen LogP contribution in [0.5, 0.6) is 5.75 Å². The first-order valence-electron chi connectivity index (χ1n) is 8.51. The Morgan fingerprint density at radius 3 is 2.29 bits per heavy atom. The number of nitrogens with zero attached hydrogens (tertiary/aromatic N) is 4. The van der Waals surface area contributed by atoms with Gasteiger partial charge in [-0.2, -0.15) is 0 Å². The van der Waals surface area contributed by atoms with E-state index < -0.39 is 16.6 Å². The SMILES string of the molecule is O=C1c2ccccc2C(=O)N1CCCN1C(=O)COc2ccc([N+](=O)[O-])nc21. The van der Waals surface area contributed by atoms with Crippen LogP contribution in [0.4, 0.5) is 11.6 Å². The monoisotopic (exact) mass is 382 g/mol. The summed E-state index contributed by atoms with van der Waals surface area (Å²) in [7, 11) is 0. The number of benzene rings is 1. The van der Waals surface area contributed by atoms with Gasteiger partial charge in [0, 0.05) is 19.2 Å². The number of pyridine rings is 1. The lowest BCUT2D eigenvalue weighted by molar-refractivity contribution is -0.389. The molecule has 2 aliphatic rings. The van der Waals surface area contributed by atoms with E-state index in [1.807, 2.05) is 0 Å². The Bertz CT molecular complexity index is 986. The van der Waals surface area contributed by atoms with Crippen LogP contribution in [0, 0.1) is 10.1 Å². The van der Waals surface area contributed by atoms with Gasteiger partial charge in [-0.15, -0.1) is 0 Å². The van der Waals surface area contributed by atoms with Gasteiger partial charge >= 0.3 is 5.82 Å². The van der Waals surface area contributed by atoms with Crippen LogP contribution in [-0.2, 0) is 4.79 Å². The van der Waals surface area contributed by atoms with Crippen molar-refractivity contribution >= 4 is 29.4 Å². The molecule has 3 amide bonds. The van der Waals surface area contributed by atoms with Gasteiger partial charge in [0.15, 0.2) is 12.4 Å². The second kappa shape index (κ2) is 6.72. The van der Waals surface area contributed by atoms with Crippen molar-refractivity contribution in [3.05, 3.63) is 57.6 Å². The molecule has 0 fully saturated rings. The molecule has 28 heavy (non-hydrogen) atoms. The molecule has 0 saturated heterocycles. The number of rotatable bonds is 5. The van der Waals surface area contributed by atoms with Crippen molar-refractivity contribution in [1.82, 2.24) is 9.88 Å². The lowest BCUT2D eigenvalue weighted by atomic mass is 10.1. The lowest BCUT2D eigenvalue weighted by Gasteiger charge is -2.25. The maximum absolute atomic E-state index is 12.4. The minimum atomic E-state index is -0.656. The van der Waals surface area contributed by atoms with Gasteiger partial charge in [0.2, 0.25) is 0 Å². The summed E-state index contributed by atoms with van der Waals surface area (Å²) >= 11 is 0. The maximum Gasteiger partial charge on any atom is 0.366 e. The topological polar surface area (TPSA) is 123 Å². The Balaban J connectivity index is 1.48. The fourth-order valence-electron chi connectivity index (χ4n) is 3.23. The Kier molecular flexibility index (Phi) is 4.22. The Morgan fingerprint density at radius 2 is 1.64 bits per heavy atom. The van der Waals surface area contributed by atoms with E-state index in [1.165, 1.54) is 17.0 Å². The molecule has 3 heterocycles. The Hall–Kier alpha value is -3.82. The zero-order valence-electron chi connectivity index (χ0n) is 14.5. The van der Waals surface area contributed by atoms with Crippen LogP contribution in [0.2, 0.25) is 0 Å². The van der Waals surface area contributed by atoms with Crippen molar-refractivity contribution in [3.63, 3.8) is 0 Å². The number of carbonyl (C=O) groups is 3. The third kappa shape index (κ3) is 2.84. The van der Waals surface area contributed by atoms with Gasteiger partial charge in [-0.1, -0.05) is 12.1 Å². The molecule has 2 aliphatic heterocycles. The summed E-state index contributed by atoms with van der Waals surface area (Å²) in [6.07, 6.45) is 0.293. The van der Waals surface area contributed by atoms with E-state index in [2.05, 4.69) is 4.98 Å². The molecule has 0 unspecified atom stereocenters. The summed E-state index contributed by atoms with van der Waals surface area (Å²) in [4.78, 5) is 53.6. The quantitative estimate of drug-likeness (QED) is 0.435. The van der Waals surface area contributed by atoms with E-state index in [1.54, 1.807) is 24.3 Å². The highest BCUT2D eigenvalue weighted by Gasteiger charge is 2.36. The molecule has 0 aliphatic carbocycles. The van der Waals surface area contributed by atoms with Gasteiger partial charge in [-0.05, 0) is 34.5 Å². The van der Waals surface area contributed by atoms with Crippen molar-refractivity contribution in [2.75, 3.05) is 24.6 Å². The van der Waals surface area contributed by atoms with Crippen molar-refractivity contribution in [2.45, 2.75) is 6.42 Å². The standard InChI is InChI=1S/C18H14N4O6/c23-15-10-28-13-6-7-14(22(26)27)19-16(13)20(15)8-3-9-21-17(24)11-4-1-2-5-12(11)18(21)25/h1-2,4-7H,3,8-10H2. The van der Waals surface area contributed by atoms with Gasteiger partial charge in [0.25, 0.3) is 23.5 Å². The van der Waals surface area contributed by atoms with Crippen LogP contribution in [-0.4, -0.2) is 52.2 Å². The van der Waals surface area contributed by atoms with Crippen LogP contribution in [0.15, 0.2) is 36.4 Å². The zero-order valence-corrected chi connectivity index (χ0v) is 14.5. The number of nitro groups is 1. The Labute approximate surface area is 158 Å². The van der Waals surface area contributed by atoms with Crippen LogP contribution in [0.3, 0.4) is 0 Å². The third-order valence-electron chi connectivity index (χ3n) is 4.56. The minimum absolute atomic E-state index is 0.0628. The fraction of sp³-hybridized carbons (Fsp3) is 0.222. The molecule has 1 aromatic carbocycles. The van der Waals surface area contributed by atoms with E-state index in [9.17, 15) is 24.5 Å². The van der Waals surface area contributed by atoms with E-state index in [4.69, 9.17) is 4.74 Å². The van der Waals surface area contributed by atoms with Gasteiger partial charge in [-0.25, -0.2) is 0 Å². The molecule has 10 nitrogen and oxygen atoms in total. The van der Waals surface area contributed by atoms with E-state index in [-0.39, 0.29) is 43.1 Å². The molecule has 0 spiro atoms. The van der Waals surface area contributed by atoms with E-state index >= 15 is 0 Å². The molecule has 142 valence electrons. The lowest BCUT2D eigenvalue weighted by Crippen LogP contribution is -2.41. The van der Waals surface area contributed by atoms with Crippen molar-refractivity contribution < 1.29 is 24.0 Å². The number of fused-ring (bicyclic) bond motifs is 2. The van der Waals surface area contributed by atoms with Crippen LogP contribution in [0.25, 0.3) is 0 Å². The highest BCUT2D eigenvalue weighted by atomic mass is 16.6. The molecule has 0 radical (unpaired) electrons. The highest BCUT2D eigenvalue weighted by molar-refractivity contribution is 6.21. The van der Waals surface area contributed by atoms with E-state index in [0.717, 1.165) is 4.90 Å². The highest BCUT2D eigenvalue weighted by Crippen LogP contribution is 2.32. The first-order chi connectivity index (χ1) is 13.5. The van der Waals surface area contributed by atoms with Crippen LogP contribution in [0.1, 0.15) is 27.1 Å². The average Bonchev–Trinajstić information content (AvgIpc) is 2.94. The Morgan fingerprint density at radius 1 is 1.00 bits per heavy atom. The molecule has 1 aromatic heterocycles. The normalized spacial score (nSPS) is 15.4. The maximum atomic E-state index is 12.4. The summed E-state index contributed by atoms with van der Waals surface area (Å²) < 4.78 is 5.26. The fourth-order valence-corrected chi connectivity index (χ4v) is 3.23. The van der Waals surface area contributed by atoms with Gasteiger partial charge < -0.3 is 14.9 Å². The average molecular weight is 382 g/mol. The van der Waals surface area contributed by atoms with E-state index in [0.29, 0.717) is 17.5 Å². The summed E-state index contributed by atoms with van der Waals surface area (Å²) in [5, 5.41) is 11.0. The predicted molar refractivity (Wildman–Crippen MR) is 95.2 cm³/mol. The summed E-state index contributed by atoms with van der Waals surface area (Å²) in [5.41, 5.74) is 0.718. The molecule has 0 bridgehead atoms. The van der Waals surface area contributed by atoms with Crippen molar-refractivity contribution in [2.24, 2.45) is 0 Å². The number of aromatic nitrogens is 1. The molecule has 0 N–H and O–H groups in total. The van der Waals surface area contributed by atoms with Gasteiger partial charge in [0.1, 0.15) is 0 Å². The first-order valence-corrected chi connectivity index (χ1v) is 8.51. The number of carbonyl (C=O) groups excluding carboxylic acids is 3. The number of imide groups is 1. The molecular weight excluding hydrogens is 368 g/mol. The summed E-state index contributed by atoms with van der Waals surface area (Å²) in [6, 6.07) is 9.17. The second-order valence-corrected chi connectivity index (χ2v) is 6.24. The first kappa shape index (κ1) is 17.6. The number of ether oxygens (including phenoxy) is 1. The number of hydrogen-bond donors (Lipinski definition) is 0. The predicted octanol–water partition coefficient (Wildman–Crippen LogP) is 1.40. The molecule has 0 atom stereocenters. The van der Waals surface area contributed by atoms with Crippen LogP contribution < -0.4 is 9.64 Å². The van der Waals surface area contributed by atoms with Gasteiger partial charge in [-0.3, -0.25) is 24.2 Å². The minimum Gasteiger partial charge on any atom is -0.477 e. The summed E-state index contributed by atoms with van der Waals surface area (Å²) in [5.74, 6) is -1.21. The van der Waals surface area contributed by atoms with Gasteiger partial charge in [0.05, 0.1) is 11.1 Å². The largest absolute Gasteiger partial charge is 0.477 e. The zero-order chi connectivity index (χ0) is 19.8. The number of amides is 3. The molecule has 0 saturated carbocycles. The smallest absolute Gasteiger partial charge is 0.366 e. The molecular formula is C18H14N4O6. The molecule has 2 aromatic rings. The summed E-state index contributed by atoms with van der Waals surface area (Å²) in [6.45, 7) is 0.0392. The number of hydrogen-bond acceptors (Lipinski definition) is 7. The van der Waals surface area contributed by atoms with Crippen LogP contribution >= 0.6 is 0 Å². The number of anilines is 1. The van der Waals surface area contributed by atoms with Crippen molar-refractivity contribution in [1.29, 1.82) is 0 Å².